The molecule has 0 amide bonds. The van der Waals surface area contributed by atoms with Crippen molar-refractivity contribution in [3.63, 3.8) is 0 Å². The summed E-state index contributed by atoms with van der Waals surface area (Å²) in [7, 11) is 0. The van der Waals surface area contributed by atoms with Gasteiger partial charge in [0, 0.05) is 38.4 Å². The van der Waals surface area contributed by atoms with Crippen LogP contribution in [-0.2, 0) is 14.3 Å². The van der Waals surface area contributed by atoms with E-state index in [-0.39, 0.29) is 50.6 Å². The Labute approximate surface area is 101 Å². The lowest BCUT2D eigenvalue weighted by Gasteiger charge is -2.14. The molecular weight excluding hydrogens is 224 g/mol. The first-order valence-electron chi connectivity index (χ1n) is 5.60. The molecule has 17 heavy (non-hydrogen) atoms. The standard InChI is InChI=1S/C12H20O5/c1-2-7-17-9-10(12(16)4-6-14)8-11(15)3-5-13/h2,10,13-14H,1,3-9H2. The van der Waals surface area contributed by atoms with Crippen LogP contribution in [0.15, 0.2) is 12.7 Å². The van der Waals surface area contributed by atoms with Gasteiger partial charge in [0.15, 0.2) is 0 Å². The fourth-order valence-corrected chi connectivity index (χ4v) is 1.38. The number of carbonyl (C=O) groups excluding carboxylic acids is 2. The highest BCUT2D eigenvalue weighted by atomic mass is 16.5. The van der Waals surface area contributed by atoms with E-state index in [1.807, 2.05) is 0 Å². The van der Waals surface area contributed by atoms with Gasteiger partial charge in [0.25, 0.3) is 0 Å². The fraction of sp³-hybridized carbons (Fsp3) is 0.667. The van der Waals surface area contributed by atoms with Crippen molar-refractivity contribution in [2.45, 2.75) is 19.3 Å². The van der Waals surface area contributed by atoms with Gasteiger partial charge in [-0.1, -0.05) is 6.08 Å². The molecule has 1 unspecified atom stereocenters. The SMILES string of the molecule is C=CCOCC(CC(=O)CCO)C(=O)CCO. The first-order chi connectivity index (χ1) is 8.15. The predicted octanol–water partition coefficient (Wildman–Crippen LogP) is 0.0983. The quantitative estimate of drug-likeness (QED) is 0.398. The maximum atomic E-state index is 11.6. The normalized spacial score (nSPS) is 12.1. The Morgan fingerprint density at radius 3 is 2.41 bits per heavy atom. The summed E-state index contributed by atoms with van der Waals surface area (Å²) in [6.07, 6.45) is 1.68. The third-order valence-corrected chi connectivity index (χ3v) is 2.23. The van der Waals surface area contributed by atoms with Crippen molar-refractivity contribution in [3.05, 3.63) is 12.7 Å². The zero-order valence-corrected chi connectivity index (χ0v) is 9.93. The topological polar surface area (TPSA) is 83.8 Å². The smallest absolute Gasteiger partial charge is 0.141 e. The molecule has 0 rings (SSSR count). The molecule has 1 atom stereocenters. The lowest BCUT2D eigenvalue weighted by molar-refractivity contribution is -0.130. The molecule has 0 aliphatic rings. The van der Waals surface area contributed by atoms with Gasteiger partial charge in [0.1, 0.15) is 11.6 Å². The van der Waals surface area contributed by atoms with Gasteiger partial charge in [-0.05, 0) is 0 Å². The zero-order chi connectivity index (χ0) is 13.1. The molecule has 0 saturated heterocycles. The number of carbonyl (C=O) groups is 2. The Balaban J connectivity index is 4.22. The Morgan fingerprint density at radius 1 is 1.24 bits per heavy atom. The molecule has 0 aromatic carbocycles. The summed E-state index contributed by atoms with van der Waals surface area (Å²) in [6.45, 7) is 3.49. The monoisotopic (exact) mass is 244 g/mol. The van der Waals surface area contributed by atoms with E-state index in [1.165, 1.54) is 0 Å². The van der Waals surface area contributed by atoms with Crippen molar-refractivity contribution < 1.29 is 24.5 Å². The molecule has 0 aromatic rings. The molecule has 5 heteroatoms. The van der Waals surface area contributed by atoms with Crippen LogP contribution in [-0.4, -0.2) is 48.2 Å². The van der Waals surface area contributed by atoms with Crippen molar-refractivity contribution in [2.75, 3.05) is 26.4 Å². The minimum atomic E-state index is -0.541. The molecule has 0 fully saturated rings. The van der Waals surface area contributed by atoms with Crippen LogP contribution in [0.3, 0.4) is 0 Å². The Bertz CT molecular complexity index is 249. The largest absolute Gasteiger partial charge is 0.396 e. The van der Waals surface area contributed by atoms with Crippen molar-refractivity contribution >= 4 is 11.6 Å². The maximum Gasteiger partial charge on any atom is 0.141 e. The van der Waals surface area contributed by atoms with Crippen LogP contribution in [0.4, 0.5) is 0 Å². The van der Waals surface area contributed by atoms with Crippen molar-refractivity contribution in [3.8, 4) is 0 Å². The predicted molar refractivity (Wildman–Crippen MR) is 62.5 cm³/mol. The summed E-state index contributed by atoms with van der Waals surface area (Å²) in [5, 5.41) is 17.3. The Hall–Kier alpha value is -1.04. The number of ether oxygens (including phenoxy) is 1. The number of Topliss-reactive ketones (excluding diaryl/α,β-unsaturated/α-hetero) is 2. The number of aliphatic hydroxyl groups excluding tert-OH is 2. The Kier molecular flexibility index (Phi) is 9.52. The van der Waals surface area contributed by atoms with Gasteiger partial charge in [0.2, 0.25) is 0 Å². The summed E-state index contributed by atoms with van der Waals surface area (Å²) < 4.78 is 5.16. The van der Waals surface area contributed by atoms with Gasteiger partial charge >= 0.3 is 0 Å². The summed E-state index contributed by atoms with van der Waals surface area (Å²) in [6, 6.07) is 0. The number of hydrogen-bond donors (Lipinski definition) is 2. The van der Waals surface area contributed by atoms with E-state index in [9.17, 15) is 9.59 Å². The second-order valence-electron chi connectivity index (χ2n) is 3.68. The highest BCUT2D eigenvalue weighted by molar-refractivity contribution is 5.88. The molecule has 5 nitrogen and oxygen atoms in total. The fourth-order valence-electron chi connectivity index (χ4n) is 1.38. The molecule has 0 saturated carbocycles. The second-order valence-corrected chi connectivity index (χ2v) is 3.68. The van der Waals surface area contributed by atoms with E-state index < -0.39 is 5.92 Å². The molecule has 0 aliphatic heterocycles. The average Bonchev–Trinajstić information content (AvgIpc) is 2.28. The lowest BCUT2D eigenvalue weighted by Crippen LogP contribution is -2.24. The summed E-state index contributed by atoms with van der Waals surface area (Å²) in [5.41, 5.74) is 0. The van der Waals surface area contributed by atoms with Crippen molar-refractivity contribution in [1.82, 2.24) is 0 Å². The van der Waals surface area contributed by atoms with Gasteiger partial charge in [-0.2, -0.15) is 0 Å². The summed E-state index contributed by atoms with van der Waals surface area (Å²) in [5.74, 6) is -0.907. The van der Waals surface area contributed by atoms with Gasteiger partial charge in [0.05, 0.1) is 13.2 Å². The van der Waals surface area contributed by atoms with Gasteiger partial charge in [-0.3, -0.25) is 9.59 Å². The average molecular weight is 244 g/mol. The van der Waals surface area contributed by atoms with Crippen LogP contribution in [0.5, 0.6) is 0 Å². The number of rotatable bonds is 11. The minimum Gasteiger partial charge on any atom is -0.396 e. The molecule has 0 aliphatic carbocycles. The molecule has 0 aromatic heterocycles. The van der Waals surface area contributed by atoms with Crippen LogP contribution in [0.25, 0.3) is 0 Å². The third kappa shape index (κ3) is 7.79. The zero-order valence-electron chi connectivity index (χ0n) is 9.93. The van der Waals surface area contributed by atoms with Crippen LogP contribution in [0, 0.1) is 5.92 Å². The molecule has 98 valence electrons. The van der Waals surface area contributed by atoms with E-state index in [1.54, 1.807) is 6.08 Å². The maximum absolute atomic E-state index is 11.6. The van der Waals surface area contributed by atoms with E-state index in [4.69, 9.17) is 14.9 Å². The van der Waals surface area contributed by atoms with Crippen molar-refractivity contribution in [2.24, 2.45) is 5.92 Å². The van der Waals surface area contributed by atoms with E-state index in [0.717, 1.165) is 0 Å². The molecule has 2 N–H and O–H groups in total. The first kappa shape index (κ1) is 16.0. The van der Waals surface area contributed by atoms with Crippen LogP contribution < -0.4 is 0 Å². The van der Waals surface area contributed by atoms with Crippen LogP contribution in [0.1, 0.15) is 19.3 Å². The summed E-state index contributed by atoms with van der Waals surface area (Å²) >= 11 is 0. The third-order valence-electron chi connectivity index (χ3n) is 2.23. The van der Waals surface area contributed by atoms with Crippen molar-refractivity contribution in [1.29, 1.82) is 0 Å². The molecule has 0 heterocycles. The highest BCUT2D eigenvalue weighted by Crippen LogP contribution is 2.10. The molecular formula is C12H20O5. The van der Waals surface area contributed by atoms with Gasteiger partial charge in [-0.25, -0.2) is 0 Å². The number of hydrogen-bond acceptors (Lipinski definition) is 5. The molecule has 0 bridgehead atoms. The van der Waals surface area contributed by atoms with E-state index >= 15 is 0 Å². The second kappa shape index (κ2) is 10.1. The van der Waals surface area contributed by atoms with E-state index in [0.29, 0.717) is 6.61 Å². The molecule has 0 spiro atoms. The summed E-state index contributed by atoms with van der Waals surface area (Å²) in [4.78, 5) is 22.9. The van der Waals surface area contributed by atoms with E-state index in [2.05, 4.69) is 6.58 Å². The lowest BCUT2D eigenvalue weighted by atomic mass is 9.95. The highest BCUT2D eigenvalue weighted by Gasteiger charge is 2.21. The number of aliphatic hydroxyl groups is 2. The Morgan fingerprint density at radius 2 is 1.88 bits per heavy atom. The van der Waals surface area contributed by atoms with Crippen LogP contribution >= 0.6 is 0 Å². The first-order valence-corrected chi connectivity index (χ1v) is 5.60. The van der Waals surface area contributed by atoms with Crippen LogP contribution in [0.2, 0.25) is 0 Å². The van der Waals surface area contributed by atoms with Gasteiger partial charge in [-0.15, -0.1) is 6.58 Å². The minimum absolute atomic E-state index is 0.0223. The number of ketones is 2. The molecule has 0 radical (unpaired) electrons. The van der Waals surface area contributed by atoms with Gasteiger partial charge < -0.3 is 14.9 Å².